The Bertz CT molecular complexity index is 15.5. The average molecular weight is 190 g/mol. The minimum Gasteiger partial charge on any atom is -0.402 e. The predicted molar refractivity (Wildman–Crippen MR) is 23.9 cm³/mol. The fourth-order valence-electron chi connectivity index (χ4n) is 0. The number of rotatable bonds is 0. The second-order valence-corrected chi connectivity index (χ2v) is 0.346. The molecule has 24 valence electrons. The van der Waals surface area contributed by atoms with Crippen LogP contribution in [0.2, 0.25) is 0 Å². The zero-order valence-corrected chi connectivity index (χ0v) is 9.02. The van der Waals surface area contributed by atoms with Crippen LogP contribution in [0.4, 0.5) is 0 Å². The van der Waals surface area contributed by atoms with Crippen molar-refractivity contribution in [3.05, 3.63) is 0 Å². The maximum atomic E-state index is 7.17. The van der Waals surface area contributed by atoms with E-state index in [1.807, 2.05) is 0 Å². The molecule has 0 aliphatic heterocycles. The molecule has 0 atom stereocenters. The van der Waals surface area contributed by atoms with Gasteiger partial charge in [0.15, 0.2) is 0 Å². The molecule has 6 heavy (non-hydrogen) atoms. The molecular weight excluding hydrogens is 187 g/mol. The van der Waals surface area contributed by atoms with Gasteiger partial charge < -0.3 is 15.1 Å². The summed E-state index contributed by atoms with van der Waals surface area (Å²) in [4.78, 5) is 0. The molecule has 0 aliphatic carbocycles. The molecule has 0 unspecified atom stereocenters. The molecule has 3 N–H and O–H groups in total. The largest absolute Gasteiger partial charge is 2.00 e. The van der Waals surface area contributed by atoms with Gasteiger partial charge in [-0.05, 0) is 0 Å². The van der Waals surface area contributed by atoms with Gasteiger partial charge in [-0.1, -0.05) is 0 Å². The first-order chi connectivity index (χ1) is 1.73. The Hall–Kier alpha value is 2.69. The molecule has 0 amide bonds. The predicted octanol–water partition coefficient (Wildman–Crippen LogP) is -2.81. The van der Waals surface area contributed by atoms with E-state index in [-0.39, 0.29) is 83.2 Å². The van der Waals surface area contributed by atoms with Crippen LogP contribution in [-0.4, -0.2) is 106 Å². The fourth-order valence-corrected chi connectivity index (χ4v) is 0. The van der Waals surface area contributed by atoms with Gasteiger partial charge in [-0.25, -0.2) is 0 Å². The molecule has 0 fully saturated rings. The molecule has 0 heterocycles. The second-order valence-electron chi connectivity index (χ2n) is 0.346. The molecule has 3 nitrogen and oxygen atoms in total. The summed E-state index contributed by atoms with van der Waals surface area (Å²) >= 11 is 0. The number of hydrogen-bond donors (Lipinski definition) is 3. The first-order valence-corrected chi connectivity index (χ1v) is 0.775. The van der Waals surface area contributed by atoms with Crippen molar-refractivity contribution in [2.75, 3.05) is 0 Å². The summed E-state index contributed by atoms with van der Waals surface area (Å²) in [5.74, 6) is 0. The van der Waals surface area contributed by atoms with Gasteiger partial charge in [-0.15, -0.1) is 0 Å². The second kappa shape index (κ2) is 10.6. The molecule has 0 saturated carbocycles. The Morgan fingerprint density at radius 2 is 1.00 bits per heavy atom. The fraction of sp³-hybridized carbons (Fsp3) is 0. The van der Waals surface area contributed by atoms with E-state index in [1.165, 1.54) is 0 Å². The molecule has 0 radical (unpaired) electrons. The van der Waals surface area contributed by atoms with Gasteiger partial charge in [0, 0.05) is 0 Å². The van der Waals surface area contributed by atoms with E-state index in [9.17, 15) is 0 Å². The summed E-state index contributed by atoms with van der Waals surface area (Å²) in [7, 11) is -2.17. The summed E-state index contributed by atoms with van der Waals surface area (Å²) in [5, 5.41) is 21.5. The summed E-state index contributed by atoms with van der Waals surface area (Å²) in [5.41, 5.74) is 0. The minimum atomic E-state index is -2.17. The van der Waals surface area contributed by atoms with Crippen molar-refractivity contribution < 1.29 is 15.1 Å². The van der Waals surface area contributed by atoms with Crippen LogP contribution in [0.1, 0.15) is 0 Å². The molecule has 6 heteroatoms. The van der Waals surface area contributed by atoms with Crippen molar-refractivity contribution in [1.82, 2.24) is 0 Å². The van der Waals surface area contributed by atoms with Crippen molar-refractivity contribution in [2.24, 2.45) is 0 Å². The monoisotopic (exact) mass is 190 g/mol. The maximum Gasteiger partial charge on any atom is 2.00 e. The molecule has 0 aromatic heterocycles. The third-order valence-corrected chi connectivity index (χ3v) is 0. The Morgan fingerprint density at radius 3 is 1.00 bits per heavy atom. The van der Waals surface area contributed by atoms with Crippen LogP contribution in [0.15, 0.2) is 0 Å². The Kier molecular flexibility index (Phi) is 28.1. The van der Waals surface area contributed by atoms with Gasteiger partial charge in [-0.2, -0.15) is 0 Å². The first kappa shape index (κ1) is 15.9. The quantitative estimate of drug-likeness (QED) is 0.361. The van der Waals surface area contributed by atoms with Crippen LogP contribution in [0, 0.1) is 0 Å². The Labute approximate surface area is 103 Å². The van der Waals surface area contributed by atoms with Crippen molar-refractivity contribution in [3.63, 3.8) is 0 Å². The van der Waals surface area contributed by atoms with Gasteiger partial charge in [0.05, 0.1) is 0 Å². The molecule has 0 spiro atoms. The van der Waals surface area contributed by atoms with Gasteiger partial charge in [0.1, 0.15) is 0 Å². The summed E-state index contributed by atoms with van der Waals surface area (Å²) in [6, 6.07) is 0. The normalized spacial score (nSPS) is 4.50. The van der Waals surface area contributed by atoms with Gasteiger partial charge in [-0.3, -0.25) is 0 Å². The number of hydrogen-bond acceptors (Lipinski definition) is 3. The average Bonchev–Trinajstić information content (AvgIpc) is 0.811. The van der Waals surface area contributed by atoms with Gasteiger partial charge in [0.2, 0.25) is 0 Å². The SMILES string of the molecule is OB(O)O.[Ca+2].[Sr+2]. The summed E-state index contributed by atoms with van der Waals surface area (Å²) in [6.45, 7) is 0. The van der Waals surface area contributed by atoms with E-state index in [0.29, 0.717) is 0 Å². The third-order valence-electron chi connectivity index (χ3n) is 0. The van der Waals surface area contributed by atoms with Gasteiger partial charge >= 0.3 is 90.5 Å². The van der Waals surface area contributed by atoms with E-state index < -0.39 is 7.32 Å². The van der Waals surface area contributed by atoms with Crippen LogP contribution in [0.5, 0.6) is 0 Å². The smallest absolute Gasteiger partial charge is 0.402 e. The van der Waals surface area contributed by atoms with E-state index in [2.05, 4.69) is 0 Å². The molecule has 0 aliphatic rings. The van der Waals surface area contributed by atoms with Crippen molar-refractivity contribution in [2.45, 2.75) is 0 Å². The van der Waals surface area contributed by atoms with Crippen molar-refractivity contribution >= 4 is 90.5 Å². The molecular formula is H3BCaO3Sr+4. The molecule has 0 rings (SSSR count). The van der Waals surface area contributed by atoms with E-state index in [0.717, 1.165) is 0 Å². The summed E-state index contributed by atoms with van der Waals surface area (Å²) in [6.07, 6.45) is 0. The summed E-state index contributed by atoms with van der Waals surface area (Å²) < 4.78 is 0. The maximum absolute atomic E-state index is 7.17. The van der Waals surface area contributed by atoms with Gasteiger partial charge in [0.25, 0.3) is 0 Å². The Morgan fingerprint density at radius 1 is 1.00 bits per heavy atom. The third kappa shape index (κ3) is 30.0. The molecule has 0 saturated heterocycles. The van der Waals surface area contributed by atoms with Crippen LogP contribution >= 0.6 is 0 Å². The Balaban J connectivity index is -0.0000000450. The van der Waals surface area contributed by atoms with E-state index in [1.54, 1.807) is 0 Å². The molecule has 0 aromatic rings. The molecule has 0 bridgehead atoms. The topological polar surface area (TPSA) is 60.7 Å². The van der Waals surface area contributed by atoms with Crippen molar-refractivity contribution in [3.8, 4) is 0 Å². The van der Waals surface area contributed by atoms with Crippen LogP contribution in [-0.2, 0) is 0 Å². The zero-order chi connectivity index (χ0) is 3.58. The zero-order valence-electron chi connectivity index (χ0n) is 3.33. The standard InChI is InChI=1S/BH3O3.Ca.Sr/c2-1(3)4;;/h2-4H;;/q;2*+2. The van der Waals surface area contributed by atoms with Crippen molar-refractivity contribution in [1.29, 1.82) is 0 Å². The first-order valence-electron chi connectivity index (χ1n) is 0.775. The van der Waals surface area contributed by atoms with Crippen LogP contribution in [0.3, 0.4) is 0 Å². The van der Waals surface area contributed by atoms with Crippen LogP contribution < -0.4 is 0 Å². The minimum absolute atomic E-state index is 0. The van der Waals surface area contributed by atoms with E-state index >= 15 is 0 Å². The van der Waals surface area contributed by atoms with Crippen LogP contribution in [0.25, 0.3) is 0 Å². The van der Waals surface area contributed by atoms with E-state index in [4.69, 9.17) is 15.1 Å². The molecule has 0 aromatic carbocycles.